The normalized spacial score (nSPS) is 17.9. The zero-order valence-corrected chi connectivity index (χ0v) is 16.9. The van der Waals surface area contributed by atoms with Crippen LogP contribution in [0.2, 0.25) is 10.0 Å². The molecule has 0 radical (unpaired) electrons. The van der Waals surface area contributed by atoms with Crippen LogP contribution in [0, 0.1) is 0 Å². The van der Waals surface area contributed by atoms with E-state index in [1.165, 1.54) is 6.08 Å². The number of nitrogens with one attached hydrogen (secondary N) is 1. The molecule has 4 nitrogen and oxygen atoms in total. The number of fused-ring (bicyclic) bond motifs is 1. The number of methoxy groups -OCH3 is 1. The zero-order chi connectivity index (χ0) is 19.6. The maximum absolute atomic E-state index is 12.5. The number of hydrogen-bond acceptors (Lipinski definition) is 3. The average Bonchev–Trinajstić information content (AvgIpc) is 2.60. The van der Waals surface area contributed by atoms with Gasteiger partial charge in [0.05, 0.1) is 13.2 Å². The van der Waals surface area contributed by atoms with Gasteiger partial charge in [0.1, 0.15) is 17.1 Å². The average molecular weight is 406 g/mol. The first kappa shape index (κ1) is 19.6. The number of halogens is 2. The SMILES string of the molecule is COc1ccc2c(c1)[C@H](NC(=O)/C=C/c1ccc(Cl)cc1Cl)CC(C)(C)O2. The number of benzene rings is 2. The highest BCUT2D eigenvalue weighted by atomic mass is 35.5. The summed E-state index contributed by atoms with van der Waals surface area (Å²) in [6.45, 7) is 4.01. The van der Waals surface area contributed by atoms with E-state index in [1.54, 1.807) is 31.4 Å². The third-order valence-corrected chi connectivity index (χ3v) is 4.93. The third kappa shape index (κ3) is 4.76. The second kappa shape index (κ2) is 7.83. The van der Waals surface area contributed by atoms with Crippen molar-refractivity contribution in [1.29, 1.82) is 0 Å². The Morgan fingerprint density at radius 1 is 1.26 bits per heavy atom. The quantitative estimate of drug-likeness (QED) is 0.689. The molecule has 1 atom stereocenters. The van der Waals surface area contributed by atoms with Gasteiger partial charge in [-0.25, -0.2) is 0 Å². The summed E-state index contributed by atoms with van der Waals surface area (Å²) in [7, 11) is 1.61. The Balaban J connectivity index is 1.80. The van der Waals surface area contributed by atoms with Gasteiger partial charge >= 0.3 is 0 Å². The molecule has 6 heteroatoms. The van der Waals surface area contributed by atoms with E-state index in [2.05, 4.69) is 5.32 Å². The Bertz CT molecular complexity index is 893. The van der Waals surface area contributed by atoms with E-state index in [0.717, 1.165) is 22.6 Å². The van der Waals surface area contributed by atoms with Crippen LogP contribution in [-0.4, -0.2) is 18.6 Å². The van der Waals surface area contributed by atoms with E-state index in [9.17, 15) is 4.79 Å². The predicted octanol–water partition coefficient (Wildman–Crippen LogP) is 5.43. The molecule has 1 N–H and O–H groups in total. The van der Waals surface area contributed by atoms with E-state index < -0.39 is 0 Å². The number of hydrogen-bond donors (Lipinski definition) is 1. The fraction of sp³-hybridized carbons (Fsp3) is 0.286. The van der Waals surface area contributed by atoms with Crippen molar-refractivity contribution in [2.24, 2.45) is 0 Å². The molecule has 0 bridgehead atoms. The first-order valence-corrected chi connectivity index (χ1v) is 9.33. The highest BCUT2D eigenvalue weighted by molar-refractivity contribution is 6.35. The lowest BCUT2D eigenvalue weighted by atomic mass is 9.89. The summed E-state index contributed by atoms with van der Waals surface area (Å²) >= 11 is 12.0. The summed E-state index contributed by atoms with van der Waals surface area (Å²) < 4.78 is 11.3. The van der Waals surface area contributed by atoms with Crippen molar-refractivity contribution in [1.82, 2.24) is 5.32 Å². The number of carbonyl (C=O) groups excluding carboxylic acids is 1. The predicted molar refractivity (Wildman–Crippen MR) is 109 cm³/mol. The molecule has 27 heavy (non-hydrogen) atoms. The molecule has 1 aliphatic heterocycles. The molecule has 0 unspecified atom stereocenters. The van der Waals surface area contributed by atoms with E-state index in [4.69, 9.17) is 32.7 Å². The highest BCUT2D eigenvalue weighted by Crippen LogP contribution is 2.41. The Morgan fingerprint density at radius 3 is 2.74 bits per heavy atom. The smallest absolute Gasteiger partial charge is 0.244 e. The van der Waals surface area contributed by atoms with Crippen LogP contribution in [0.25, 0.3) is 6.08 Å². The molecule has 0 spiro atoms. The van der Waals surface area contributed by atoms with Gasteiger partial charge in [-0.2, -0.15) is 0 Å². The standard InChI is InChI=1S/C21H21Cl2NO3/c1-21(2)12-18(16-11-15(26-3)7-8-19(16)27-21)24-20(25)9-5-13-4-6-14(22)10-17(13)23/h4-11,18H,12H2,1-3H3,(H,24,25)/b9-5+/t18-/m1/s1. The molecule has 142 valence electrons. The van der Waals surface area contributed by atoms with Gasteiger partial charge in [-0.15, -0.1) is 0 Å². The number of ether oxygens (including phenoxy) is 2. The summed E-state index contributed by atoms with van der Waals surface area (Å²) in [6.07, 6.45) is 3.79. The molecule has 0 aliphatic carbocycles. The maximum atomic E-state index is 12.5. The Hall–Kier alpha value is -2.17. The molecular weight excluding hydrogens is 385 g/mol. The number of carbonyl (C=O) groups is 1. The van der Waals surface area contributed by atoms with Gasteiger partial charge in [-0.3, -0.25) is 4.79 Å². The van der Waals surface area contributed by atoms with E-state index >= 15 is 0 Å². The van der Waals surface area contributed by atoms with Gasteiger partial charge in [0.2, 0.25) is 5.91 Å². The number of amides is 1. The molecule has 3 rings (SSSR count). The topological polar surface area (TPSA) is 47.6 Å². The van der Waals surface area contributed by atoms with E-state index in [0.29, 0.717) is 16.5 Å². The van der Waals surface area contributed by atoms with Crippen molar-refractivity contribution in [3.05, 3.63) is 63.6 Å². The molecule has 0 fully saturated rings. The first-order valence-electron chi connectivity index (χ1n) is 8.58. The van der Waals surface area contributed by atoms with Crippen molar-refractivity contribution in [2.45, 2.75) is 31.9 Å². The minimum absolute atomic E-state index is 0.184. The first-order chi connectivity index (χ1) is 12.8. The number of rotatable bonds is 4. The fourth-order valence-corrected chi connectivity index (χ4v) is 3.58. The highest BCUT2D eigenvalue weighted by Gasteiger charge is 2.34. The van der Waals surface area contributed by atoms with Crippen molar-refractivity contribution < 1.29 is 14.3 Å². The van der Waals surface area contributed by atoms with Crippen LogP contribution in [0.5, 0.6) is 11.5 Å². The lowest BCUT2D eigenvalue weighted by Crippen LogP contribution is -2.40. The Kier molecular flexibility index (Phi) is 5.68. The molecule has 1 amide bonds. The van der Waals surface area contributed by atoms with Crippen molar-refractivity contribution in [3.63, 3.8) is 0 Å². The van der Waals surface area contributed by atoms with E-state index in [-0.39, 0.29) is 17.6 Å². The fourth-order valence-electron chi connectivity index (χ4n) is 3.11. The second-order valence-corrected chi connectivity index (χ2v) is 7.87. The molecule has 0 aromatic heterocycles. The van der Waals surface area contributed by atoms with E-state index in [1.807, 2.05) is 32.0 Å². The monoisotopic (exact) mass is 405 g/mol. The van der Waals surface area contributed by atoms with Crippen LogP contribution >= 0.6 is 23.2 Å². The van der Waals surface area contributed by atoms with Crippen molar-refractivity contribution in [2.75, 3.05) is 7.11 Å². The van der Waals surface area contributed by atoms with Crippen molar-refractivity contribution >= 4 is 35.2 Å². The summed E-state index contributed by atoms with van der Waals surface area (Å²) in [5, 5.41) is 4.10. The molecule has 0 saturated carbocycles. The Labute approximate surface area is 169 Å². The minimum atomic E-state index is -0.386. The maximum Gasteiger partial charge on any atom is 0.244 e. The molecule has 1 heterocycles. The van der Waals surface area contributed by atoms with Gasteiger partial charge in [0, 0.05) is 28.1 Å². The molecule has 2 aromatic carbocycles. The minimum Gasteiger partial charge on any atom is -0.497 e. The van der Waals surface area contributed by atoms with Crippen LogP contribution in [-0.2, 0) is 4.79 Å². The molecule has 2 aromatic rings. The zero-order valence-electron chi connectivity index (χ0n) is 15.4. The summed E-state index contributed by atoms with van der Waals surface area (Å²) in [6, 6.07) is 10.6. The summed E-state index contributed by atoms with van der Waals surface area (Å²) in [4.78, 5) is 12.5. The van der Waals surface area contributed by atoms with Crippen molar-refractivity contribution in [3.8, 4) is 11.5 Å². The molecule has 0 saturated heterocycles. The van der Waals surface area contributed by atoms with Gasteiger partial charge in [0.15, 0.2) is 0 Å². The van der Waals surface area contributed by atoms with Gasteiger partial charge in [-0.05, 0) is 55.8 Å². The summed E-state index contributed by atoms with van der Waals surface area (Å²) in [5.74, 6) is 1.26. The van der Waals surface area contributed by atoms with Gasteiger partial charge in [-0.1, -0.05) is 29.3 Å². The van der Waals surface area contributed by atoms with Crippen LogP contribution < -0.4 is 14.8 Å². The second-order valence-electron chi connectivity index (χ2n) is 7.03. The van der Waals surface area contributed by atoms with Gasteiger partial charge < -0.3 is 14.8 Å². The molecular formula is C21H21Cl2NO3. The third-order valence-electron chi connectivity index (χ3n) is 4.37. The van der Waals surface area contributed by atoms with Gasteiger partial charge in [0.25, 0.3) is 0 Å². The molecule has 1 aliphatic rings. The largest absolute Gasteiger partial charge is 0.497 e. The van der Waals surface area contributed by atoms with Crippen LogP contribution in [0.3, 0.4) is 0 Å². The van der Waals surface area contributed by atoms with Crippen LogP contribution in [0.4, 0.5) is 0 Å². The lowest BCUT2D eigenvalue weighted by Gasteiger charge is -2.37. The Morgan fingerprint density at radius 2 is 2.04 bits per heavy atom. The summed E-state index contributed by atoms with van der Waals surface area (Å²) in [5.41, 5.74) is 1.24. The lowest BCUT2D eigenvalue weighted by molar-refractivity contribution is -0.117. The van der Waals surface area contributed by atoms with Crippen LogP contribution in [0.1, 0.15) is 37.4 Å². The van der Waals surface area contributed by atoms with Crippen LogP contribution in [0.15, 0.2) is 42.5 Å².